The average molecular weight is 321 g/mol. The van der Waals surface area contributed by atoms with Gasteiger partial charge in [-0.15, -0.1) is 0 Å². The predicted molar refractivity (Wildman–Crippen MR) is 82.8 cm³/mol. The van der Waals surface area contributed by atoms with Crippen LogP contribution in [0.15, 0.2) is 41.1 Å². The van der Waals surface area contributed by atoms with Crippen LogP contribution in [0.2, 0.25) is 0 Å². The molecule has 5 heteroatoms. The van der Waals surface area contributed by atoms with Gasteiger partial charge in [-0.05, 0) is 37.6 Å². The summed E-state index contributed by atoms with van der Waals surface area (Å²) in [5.41, 5.74) is 0.997. The Bertz CT molecular complexity index is 527. The van der Waals surface area contributed by atoms with E-state index in [1.54, 1.807) is 6.33 Å². The van der Waals surface area contributed by atoms with Crippen molar-refractivity contribution in [2.24, 2.45) is 0 Å². The highest BCUT2D eigenvalue weighted by Gasteiger charge is 2.02. The average Bonchev–Trinajstić information content (AvgIpc) is 2.42. The van der Waals surface area contributed by atoms with Crippen LogP contribution in [0.1, 0.15) is 20.3 Å². The second-order valence-corrected chi connectivity index (χ2v) is 5.29. The number of nitrogens with zero attached hydrogens (tertiary/aromatic N) is 2. The summed E-state index contributed by atoms with van der Waals surface area (Å²) in [7, 11) is 0. The van der Waals surface area contributed by atoms with E-state index in [9.17, 15) is 0 Å². The van der Waals surface area contributed by atoms with Gasteiger partial charge in [0, 0.05) is 22.3 Å². The number of aromatic nitrogens is 2. The molecule has 0 saturated heterocycles. The van der Waals surface area contributed by atoms with Gasteiger partial charge in [-0.3, -0.25) is 0 Å². The van der Waals surface area contributed by atoms with Crippen LogP contribution in [0.25, 0.3) is 0 Å². The molecular weight excluding hydrogens is 304 g/mol. The highest BCUT2D eigenvalue weighted by atomic mass is 79.9. The summed E-state index contributed by atoms with van der Waals surface area (Å²) in [5, 5.41) is 6.58. The van der Waals surface area contributed by atoms with Crippen LogP contribution in [0.4, 0.5) is 17.3 Å². The molecule has 0 spiro atoms. The maximum absolute atomic E-state index is 4.22. The van der Waals surface area contributed by atoms with Crippen LogP contribution < -0.4 is 10.6 Å². The lowest BCUT2D eigenvalue weighted by atomic mass is 10.2. The van der Waals surface area contributed by atoms with Crippen molar-refractivity contribution in [3.63, 3.8) is 0 Å². The zero-order chi connectivity index (χ0) is 13.7. The quantitative estimate of drug-likeness (QED) is 0.867. The molecule has 1 aromatic carbocycles. The highest BCUT2D eigenvalue weighted by molar-refractivity contribution is 9.10. The second-order valence-electron chi connectivity index (χ2n) is 4.37. The monoisotopic (exact) mass is 320 g/mol. The smallest absolute Gasteiger partial charge is 0.135 e. The fourth-order valence-electron chi connectivity index (χ4n) is 1.54. The Morgan fingerprint density at radius 2 is 1.84 bits per heavy atom. The van der Waals surface area contributed by atoms with E-state index in [0.29, 0.717) is 6.04 Å². The number of nitrogens with one attached hydrogen (secondary N) is 2. The van der Waals surface area contributed by atoms with E-state index < -0.39 is 0 Å². The topological polar surface area (TPSA) is 49.8 Å². The number of rotatable bonds is 5. The van der Waals surface area contributed by atoms with E-state index in [1.807, 2.05) is 30.3 Å². The standard InChI is InChI=1S/C14H17BrN4/c1-3-10(2)18-13-8-14(17-9-16-13)19-12-6-4-11(15)5-7-12/h4-10H,3H2,1-2H3,(H2,16,17,18,19). The van der Waals surface area contributed by atoms with Gasteiger partial charge in [-0.1, -0.05) is 22.9 Å². The third-order valence-electron chi connectivity index (χ3n) is 2.79. The summed E-state index contributed by atoms with van der Waals surface area (Å²) in [6.07, 6.45) is 2.62. The van der Waals surface area contributed by atoms with Crippen LogP contribution in [0.5, 0.6) is 0 Å². The molecule has 100 valence electrons. The summed E-state index contributed by atoms with van der Waals surface area (Å²) in [6.45, 7) is 4.27. The van der Waals surface area contributed by atoms with Crippen molar-refractivity contribution in [2.75, 3.05) is 10.6 Å². The molecule has 1 aromatic heterocycles. The van der Waals surface area contributed by atoms with Crippen LogP contribution in [0.3, 0.4) is 0 Å². The van der Waals surface area contributed by atoms with Gasteiger partial charge in [-0.2, -0.15) is 0 Å². The Morgan fingerprint density at radius 3 is 2.53 bits per heavy atom. The Balaban J connectivity index is 2.08. The third-order valence-corrected chi connectivity index (χ3v) is 3.32. The predicted octanol–water partition coefficient (Wildman–Crippen LogP) is 4.19. The molecule has 0 aliphatic carbocycles. The van der Waals surface area contributed by atoms with Crippen LogP contribution in [-0.2, 0) is 0 Å². The number of halogens is 1. The fourth-order valence-corrected chi connectivity index (χ4v) is 1.80. The molecular formula is C14H17BrN4. The maximum Gasteiger partial charge on any atom is 0.135 e. The van der Waals surface area contributed by atoms with Crippen molar-refractivity contribution in [2.45, 2.75) is 26.3 Å². The minimum absolute atomic E-state index is 0.399. The zero-order valence-electron chi connectivity index (χ0n) is 11.0. The molecule has 0 saturated carbocycles. The third kappa shape index (κ3) is 4.21. The summed E-state index contributed by atoms with van der Waals surface area (Å²) >= 11 is 3.41. The molecule has 2 N–H and O–H groups in total. The van der Waals surface area contributed by atoms with Gasteiger partial charge in [0.2, 0.25) is 0 Å². The van der Waals surface area contributed by atoms with Crippen molar-refractivity contribution in [3.8, 4) is 0 Å². The number of hydrogen-bond donors (Lipinski definition) is 2. The molecule has 19 heavy (non-hydrogen) atoms. The second kappa shape index (κ2) is 6.52. The summed E-state index contributed by atoms with van der Waals surface area (Å²) in [4.78, 5) is 8.43. The number of hydrogen-bond acceptors (Lipinski definition) is 4. The Labute approximate surface area is 121 Å². The van der Waals surface area contributed by atoms with Crippen LogP contribution in [-0.4, -0.2) is 16.0 Å². The first-order valence-corrected chi connectivity index (χ1v) is 7.08. The maximum atomic E-state index is 4.22. The van der Waals surface area contributed by atoms with Gasteiger partial charge >= 0.3 is 0 Å². The summed E-state index contributed by atoms with van der Waals surface area (Å²) in [5.74, 6) is 1.62. The zero-order valence-corrected chi connectivity index (χ0v) is 12.6. The van der Waals surface area contributed by atoms with E-state index >= 15 is 0 Å². The largest absolute Gasteiger partial charge is 0.367 e. The minimum atomic E-state index is 0.399. The van der Waals surface area contributed by atoms with E-state index in [2.05, 4.69) is 50.4 Å². The van der Waals surface area contributed by atoms with Gasteiger partial charge in [0.05, 0.1) is 0 Å². The van der Waals surface area contributed by atoms with Crippen molar-refractivity contribution in [1.82, 2.24) is 9.97 Å². The molecule has 1 atom stereocenters. The van der Waals surface area contributed by atoms with Crippen molar-refractivity contribution >= 4 is 33.3 Å². The summed E-state index contributed by atoms with van der Waals surface area (Å²) in [6, 6.07) is 10.3. The van der Waals surface area contributed by atoms with Crippen molar-refractivity contribution < 1.29 is 0 Å². The SMILES string of the molecule is CCC(C)Nc1cc(Nc2ccc(Br)cc2)ncn1. The molecule has 0 fully saturated rings. The highest BCUT2D eigenvalue weighted by Crippen LogP contribution is 2.19. The fraction of sp³-hybridized carbons (Fsp3) is 0.286. The van der Waals surface area contributed by atoms with E-state index in [4.69, 9.17) is 0 Å². The number of anilines is 3. The van der Waals surface area contributed by atoms with E-state index in [1.165, 1.54) is 0 Å². The lowest BCUT2D eigenvalue weighted by Gasteiger charge is -2.13. The van der Waals surface area contributed by atoms with Gasteiger partial charge in [0.15, 0.2) is 0 Å². The molecule has 0 aliphatic heterocycles. The molecule has 1 unspecified atom stereocenters. The lowest BCUT2D eigenvalue weighted by molar-refractivity contribution is 0.758. The lowest BCUT2D eigenvalue weighted by Crippen LogP contribution is -2.14. The normalized spacial score (nSPS) is 11.9. The molecule has 2 aromatic rings. The Hall–Kier alpha value is -1.62. The molecule has 1 heterocycles. The molecule has 0 aliphatic rings. The first-order chi connectivity index (χ1) is 9.17. The Morgan fingerprint density at radius 1 is 1.16 bits per heavy atom. The molecule has 0 bridgehead atoms. The molecule has 0 amide bonds. The van der Waals surface area contributed by atoms with Gasteiger partial charge in [-0.25, -0.2) is 9.97 Å². The van der Waals surface area contributed by atoms with E-state index in [-0.39, 0.29) is 0 Å². The minimum Gasteiger partial charge on any atom is -0.367 e. The molecule has 0 radical (unpaired) electrons. The van der Waals surface area contributed by atoms with Gasteiger partial charge in [0.25, 0.3) is 0 Å². The van der Waals surface area contributed by atoms with E-state index in [0.717, 1.165) is 28.2 Å². The Kier molecular flexibility index (Phi) is 4.74. The van der Waals surface area contributed by atoms with Gasteiger partial charge < -0.3 is 10.6 Å². The number of benzene rings is 1. The molecule has 2 rings (SSSR count). The van der Waals surface area contributed by atoms with Crippen molar-refractivity contribution in [3.05, 3.63) is 41.1 Å². The van der Waals surface area contributed by atoms with Crippen LogP contribution in [0, 0.1) is 0 Å². The summed E-state index contributed by atoms with van der Waals surface area (Å²) < 4.78 is 1.06. The van der Waals surface area contributed by atoms with Gasteiger partial charge in [0.1, 0.15) is 18.0 Å². The first kappa shape index (κ1) is 13.8. The van der Waals surface area contributed by atoms with Crippen LogP contribution >= 0.6 is 15.9 Å². The first-order valence-electron chi connectivity index (χ1n) is 6.28. The van der Waals surface area contributed by atoms with Crippen molar-refractivity contribution in [1.29, 1.82) is 0 Å². The molecule has 4 nitrogen and oxygen atoms in total.